The highest BCUT2D eigenvalue weighted by molar-refractivity contribution is 7.11. The molecular weight excluding hydrogens is 326 g/mol. The Kier molecular flexibility index (Phi) is 5.32. The van der Waals surface area contributed by atoms with Gasteiger partial charge in [-0.15, -0.1) is 11.3 Å². The van der Waals surface area contributed by atoms with E-state index in [1.54, 1.807) is 13.0 Å². The van der Waals surface area contributed by atoms with E-state index in [4.69, 9.17) is 4.74 Å². The van der Waals surface area contributed by atoms with Crippen molar-refractivity contribution < 1.29 is 14.6 Å². The third-order valence-electron chi connectivity index (χ3n) is 3.98. The molecule has 1 aliphatic heterocycles. The Bertz CT molecular complexity index is 696. The zero-order valence-corrected chi connectivity index (χ0v) is 14.5. The second-order valence-electron chi connectivity index (χ2n) is 5.62. The van der Waals surface area contributed by atoms with Crippen molar-refractivity contribution in [3.8, 4) is 5.75 Å². The molecule has 0 radical (unpaired) electrons. The smallest absolute Gasteiger partial charge is 0.367 e. The van der Waals surface area contributed by atoms with Crippen molar-refractivity contribution in [2.75, 3.05) is 37.7 Å². The molecule has 1 aliphatic rings. The highest BCUT2D eigenvalue weighted by Crippen LogP contribution is 2.27. The number of ether oxygens (including phenoxy) is 1. The SMILES string of the molecule is CCOC(=O)c1nc(CN2CCN(c3ccccc3O)CC2)cs1. The summed E-state index contributed by atoms with van der Waals surface area (Å²) in [6.07, 6.45) is 0. The van der Waals surface area contributed by atoms with Gasteiger partial charge in [-0.3, -0.25) is 4.90 Å². The van der Waals surface area contributed by atoms with Crippen LogP contribution in [0.3, 0.4) is 0 Å². The van der Waals surface area contributed by atoms with E-state index in [0.717, 1.165) is 44.1 Å². The fraction of sp³-hybridized carbons (Fsp3) is 0.412. The Morgan fingerprint density at radius 2 is 2.04 bits per heavy atom. The van der Waals surface area contributed by atoms with Crippen LogP contribution in [0, 0.1) is 0 Å². The summed E-state index contributed by atoms with van der Waals surface area (Å²) in [5, 5.41) is 12.3. The first-order valence-electron chi connectivity index (χ1n) is 8.04. The van der Waals surface area contributed by atoms with Gasteiger partial charge in [0.05, 0.1) is 18.0 Å². The maximum Gasteiger partial charge on any atom is 0.367 e. The number of nitrogens with zero attached hydrogens (tertiary/aromatic N) is 3. The molecule has 1 saturated heterocycles. The highest BCUT2D eigenvalue weighted by atomic mass is 32.1. The maximum atomic E-state index is 11.7. The predicted molar refractivity (Wildman–Crippen MR) is 93.7 cm³/mol. The number of piperazine rings is 1. The van der Waals surface area contributed by atoms with Gasteiger partial charge < -0.3 is 14.7 Å². The minimum atomic E-state index is -0.349. The molecule has 1 fully saturated rings. The van der Waals surface area contributed by atoms with Crippen LogP contribution in [0.15, 0.2) is 29.6 Å². The number of anilines is 1. The van der Waals surface area contributed by atoms with Crippen LogP contribution < -0.4 is 4.90 Å². The zero-order chi connectivity index (χ0) is 16.9. The quantitative estimate of drug-likeness (QED) is 0.838. The molecular formula is C17H21N3O3S. The number of carbonyl (C=O) groups excluding carboxylic acids is 1. The fourth-order valence-corrected chi connectivity index (χ4v) is 3.47. The Morgan fingerprint density at radius 1 is 1.29 bits per heavy atom. The van der Waals surface area contributed by atoms with Gasteiger partial charge in [-0.2, -0.15) is 0 Å². The Hall–Kier alpha value is -2.12. The van der Waals surface area contributed by atoms with Crippen LogP contribution in [-0.4, -0.2) is 53.7 Å². The third-order valence-corrected chi connectivity index (χ3v) is 4.85. The first-order valence-corrected chi connectivity index (χ1v) is 8.92. The van der Waals surface area contributed by atoms with E-state index in [1.165, 1.54) is 11.3 Å². The van der Waals surface area contributed by atoms with Crippen LogP contribution in [0.1, 0.15) is 22.4 Å². The van der Waals surface area contributed by atoms with Crippen LogP contribution in [-0.2, 0) is 11.3 Å². The van der Waals surface area contributed by atoms with Crippen LogP contribution in [0.2, 0.25) is 0 Å². The number of phenols is 1. The standard InChI is InChI=1S/C17H21N3O3S/c1-2-23-17(22)16-18-13(12-24-16)11-19-7-9-20(10-8-19)14-5-3-4-6-15(14)21/h3-6,12,21H,2,7-11H2,1H3. The van der Waals surface area contributed by atoms with Gasteiger partial charge >= 0.3 is 5.97 Å². The maximum absolute atomic E-state index is 11.7. The number of phenolic OH excluding ortho intramolecular Hbond substituents is 1. The van der Waals surface area contributed by atoms with E-state index in [9.17, 15) is 9.90 Å². The number of hydrogen-bond donors (Lipinski definition) is 1. The van der Waals surface area contributed by atoms with Crippen molar-refractivity contribution in [1.82, 2.24) is 9.88 Å². The second kappa shape index (κ2) is 7.63. The Balaban J connectivity index is 1.54. The number of para-hydroxylation sites is 2. The largest absolute Gasteiger partial charge is 0.506 e. The topological polar surface area (TPSA) is 65.9 Å². The predicted octanol–water partition coefficient (Wildman–Crippen LogP) is 2.35. The van der Waals surface area contributed by atoms with E-state index in [0.29, 0.717) is 17.4 Å². The molecule has 0 saturated carbocycles. The number of rotatable bonds is 5. The Morgan fingerprint density at radius 3 is 2.75 bits per heavy atom. The van der Waals surface area contributed by atoms with Gasteiger partial charge in [0.15, 0.2) is 0 Å². The molecule has 1 aromatic carbocycles. The van der Waals surface area contributed by atoms with E-state index in [1.807, 2.05) is 23.6 Å². The molecule has 0 atom stereocenters. The minimum absolute atomic E-state index is 0.324. The lowest BCUT2D eigenvalue weighted by Gasteiger charge is -2.36. The lowest BCUT2D eigenvalue weighted by molar-refractivity contribution is 0.0525. The van der Waals surface area contributed by atoms with Gasteiger partial charge in [0, 0.05) is 38.1 Å². The molecule has 128 valence electrons. The summed E-state index contributed by atoms with van der Waals surface area (Å²) in [5.41, 5.74) is 1.79. The summed E-state index contributed by atoms with van der Waals surface area (Å²) in [6.45, 7) is 6.36. The normalized spacial score (nSPS) is 15.5. The molecule has 0 amide bonds. The number of aromatic nitrogens is 1. The summed E-state index contributed by atoms with van der Waals surface area (Å²) in [7, 11) is 0. The van der Waals surface area contributed by atoms with Crippen molar-refractivity contribution >= 4 is 23.0 Å². The third kappa shape index (κ3) is 3.85. The minimum Gasteiger partial charge on any atom is -0.506 e. The zero-order valence-electron chi connectivity index (χ0n) is 13.6. The molecule has 0 aliphatic carbocycles. The van der Waals surface area contributed by atoms with Crippen LogP contribution in [0.4, 0.5) is 5.69 Å². The number of carbonyl (C=O) groups is 1. The van der Waals surface area contributed by atoms with E-state index in [-0.39, 0.29) is 5.97 Å². The van der Waals surface area contributed by atoms with E-state index >= 15 is 0 Å². The molecule has 3 rings (SSSR count). The molecule has 2 aromatic rings. The summed E-state index contributed by atoms with van der Waals surface area (Å²) in [4.78, 5) is 20.5. The van der Waals surface area contributed by atoms with Crippen LogP contribution in [0.5, 0.6) is 5.75 Å². The van der Waals surface area contributed by atoms with Gasteiger partial charge in [0.2, 0.25) is 5.01 Å². The Labute approximate surface area is 145 Å². The number of esters is 1. The van der Waals surface area contributed by atoms with Crippen LogP contribution >= 0.6 is 11.3 Å². The molecule has 0 unspecified atom stereocenters. The van der Waals surface area contributed by atoms with Gasteiger partial charge in [-0.05, 0) is 19.1 Å². The average Bonchev–Trinajstić information content (AvgIpc) is 3.05. The van der Waals surface area contributed by atoms with E-state index < -0.39 is 0 Å². The van der Waals surface area contributed by atoms with Crippen molar-refractivity contribution in [2.45, 2.75) is 13.5 Å². The van der Waals surface area contributed by atoms with Crippen molar-refractivity contribution in [1.29, 1.82) is 0 Å². The lowest BCUT2D eigenvalue weighted by Crippen LogP contribution is -2.46. The van der Waals surface area contributed by atoms with Gasteiger partial charge in [-0.1, -0.05) is 12.1 Å². The number of hydrogen-bond acceptors (Lipinski definition) is 7. The number of thiazole rings is 1. The van der Waals surface area contributed by atoms with Gasteiger partial charge in [0.25, 0.3) is 0 Å². The molecule has 2 heterocycles. The summed E-state index contributed by atoms with van der Waals surface area (Å²) in [6, 6.07) is 7.43. The molecule has 24 heavy (non-hydrogen) atoms. The molecule has 1 aromatic heterocycles. The van der Waals surface area contributed by atoms with E-state index in [2.05, 4.69) is 14.8 Å². The summed E-state index contributed by atoms with van der Waals surface area (Å²) in [5.74, 6) is -0.0253. The molecule has 0 spiro atoms. The molecule has 1 N–H and O–H groups in total. The second-order valence-corrected chi connectivity index (χ2v) is 6.47. The summed E-state index contributed by atoms with van der Waals surface area (Å²) < 4.78 is 4.97. The first kappa shape index (κ1) is 16.7. The molecule has 6 nitrogen and oxygen atoms in total. The average molecular weight is 347 g/mol. The van der Waals surface area contributed by atoms with Crippen molar-refractivity contribution in [2.24, 2.45) is 0 Å². The highest BCUT2D eigenvalue weighted by Gasteiger charge is 2.20. The molecule has 7 heteroatoms. The number of benzene rings is 1. The van der Waals surface area contributed by atoms with Gasteiger partial charge in [0.1, 0.15) is 5.75 Å². The lowest BCUT2D eigenvalue weighted by atomic mass is 10.2. The van der Waals surface area contributed by atoms with Crippen molar-refractivity contribution in [3.05, 3.63) is 40.3 Å². The first-order chi connectivity index (χ1) is 11.7. The van der Waals surface area contributed by atoms with Crippen molar-refractivity contribution in [3.63, 3.8) is 0 Å². The van der Waals surface area contributed by atoms with Gasteiger partial charge in [-0.25, -0.2) is 9.78 Å². The fourth-order valence-electron chi connectivity index (χ4n) is 2.77. The summed E-state index contributed by atoms with van der Waals surface area (Å²) >= 11 is 1.33. The van der Waals surface area contributed by atoms with Crippen LogP contribution in [0.25, 0.3) is 0 Å². The molecule has 0 bridgehead atoms. The monoisotopic (exact) mass is 347 g/mol. The number of aromatic hydroxyl groups is 1.